The molecule has 0 N–H and O–H groups in total. The third kappa shape index (κ3) is 5.37. The Morgan fingerprint density at radius 1 is 0.833 bits per heavy atom. The summed E-state index contributed by atoms with van der Waals surface area (Å²) in [6, 6.07) is 31.1. The molecule has 0 heterocycles. The average molecular weight is 397 g/mol. The molecule has 0 spiro atoms. The normalized spacial score (nSPS) is 12.8. The third-order valence-corrected chi connectivity index (χ3v) is 4.99. The number of nitrogens with zero attached hydrogens (tertiary/aromatic N) is 2. The smallest absolute Gasteiger partial charge is 0.119 e. The number of nitriles is 1. The molecule has 0 bridgehead atoms. The van der Waals surface area contributed by atoms with Gasteiger partial charge in [-0.1, -0.05) is 72.8 Å². The maximum absolute atomic E-state index is 9.79. The molecule has 3 heteroatoms. The van der Waals surface area contributed by atoms with Crippen LogP contribution in [0, 0.1) is 17.2 Å². The number of allylic oxidation sites excluding steroid dienone is 1. The Morgan fingerprint density at radius 2 is 1.37 bits per heavy atom. The van der Waals surface area contributed by atoms with E-state index in [9.17, 15) is 5.26 Å². The largest absolute Gasteiger partial charge is 0.492 e. The zero-order valence-corrected chi connectivity index (χ0v) is 17.9. The van der Waals surface area contributed by atoms with Crippen molar-refractivity contribution >= 4 is 11.1 Å². The lowest BCUT2D eigenvalue weighted by molar-refractivity contribution is 0.261. The second-order valence-electron chi connectivity index (χ2n) is 7.55. The SMILES string of the molecule is CC(C#N)/C(=C(\c1ccccc1)c1ccc(OCCN(C)C)cc1)c1ccccc1. The van der Waals surface area contributed by atoms with E-state index in [1.807, 2.05) is 69.6 Å². The highest BCUT2D eigenvalue weighted by Gasteiger charge is 2.19. The van der Waals surface area contributed by atoms with Crippen molar-refractivity contribution in [3.05, 3.63) is 102 Å². The van der Waals surface area contributed by atoms with E-state index >= 15 is 0 Å². The highest BCUT2D eigenvalue weighted by molar-refractivity contribution is 5.99. The molecule has 1 atom stereocenters. The molecule has 152 valence electrons. The van der Waals surface area contributed by atoms with Crippen molar-refractivity contribution in [3.8, 4) is 11.8 Å². The van der Waals surface area contributed by atoms with E-state index in [0.29, 0.717) is 6.61 Å². The number of rotatable bonds is 8. The van der Waals surface area contributed by atoms with E-state index in [1.165, 1.54) is 0 Å². The summed E-state index contributed by atoms with van der Waals surface area (Å²) in [5.74, 6) is 0.598. The zero-order valence-electron chi connectivity index (χ0n) is 17.9. The van der Waals surface area contributed by atoms with Crippen LogP contribution in [0.1, 0.15) is 23.6 Å². The summed E-state index contributed by atoms with van der Waals surface area (Å²) in [4.78, 5) is 2.10. The maximum atomic E-state index is 9.79. The predicted octanol–water partition coefficient (Wildman–Crippen LogP) is 5.75. The van der Waals surface area contributed by atoms with Crippen LogP contribution in [0.25, 0.3) is 11.1 Å². The van der Waals surface area contributed by atoms with Crippen LogP contribution in [-0.2, 0) is 0 Å². The maximum Gasteiger partial charge on any atom is 0.119 e. The van der Waals surface area contributed by atoms with Crippen molar-refractivity contribution in [1.82, 2.24) is 4.90 Å². The highest BCUT2D eigenvalue weighted by Crippen LogP contribution is 2.37. The van der Waals surface area contributed by atoms with Gasteiger partial charge in [0.15, 0.2) is 0 Å². The Morgan fingerprint density at radius 3 is 1.90 bits per heavy atom. The van der Waals surface area contributed by atoms with Crippen LogP contribution in [0.5, 0.6) is 5.75 Å². The van der Waals surface area contributed by atoms with Gasteiger partial charge in [0, 0.05) is 6.54 Å². The Balaban J connectivity index is 2.09. The van der Waals surface area contributed by atoms with Gasteiger partial charge in [0.2, 0.25) is 0 Å². The van der Waals surface area contributed by atoms with Gasteiger partial charge in [-0.3, -0.25) is 0 Å². The molecule has 0 aliphatic rings. The topological polar surface area (TPSA) is 36.3 Å². The molecule has 0 amide bonds. The molecule has 3 nitrogen and oxygen atoms in total. The van der Waals surface area contributed by atoms with Crippen LogP contribution in [-0.4, -0.2) is 32.1 Å². The number of likely N-dealkylation sites (N-methyl/N-ethyl adjacent to an activating group) is 1. The lowest BCUT2D eigenvalue weighted by Gasteiger charge is -2.19. The zero-order chi connectivity index (χ0) is 21.3. The van der Waals surface area contributed by atoms with Gasteiger partial charge < -0.3 is 9.64 Å². The highest BCUT2D eigenvalue weighted by atomic mass is 16.5. The van der Waals surface area contributed by atoms with Gasteiger partial charge in [-0.2, -0.15) is 5.26 Å². The monoisotopic (exact) mass is 396 g/mol. The van der Waals surface area contributed by atoms with Gasteiger partial charge in [0.05, 0.1) is 12.0 Å². The minimum atomic E-state index is -0.251. The molecule has 3 aromatic carbocycles. The summed E-state index contributed by atoms with van der Waals surface area (Å²) in [6.07, 6.45) is 0. The minimum Gasteiger partial charge on any atom is -0.492 e. The van der Waals surface area contributed by atoms with E-state index in [1.54, 1.807) is 0 Å². The number of hydrogen-bond donors (Lipinski definition) is 0. The van der Waals surface area contributed by atoms with Crippen molar-refractivity contribution in [2.45, 2.75) is 6.92 Å². The van der Waals surface area contributed by atoms with E-state index in [-0.39, 0.29) is 5.92 Å². The molecular formula is C27H28N2O. The van der Waals surface area contributed by atoms with Crippen LogP contribution in [0.2, 0.25) is 0 Å². The molecule has 0 aromatic heterocycles. The minimum absolute atomic E-state index is 0.251. The molecule has 0 saturated heterocycles. The molecule has 3 aromatic rings. The third-order valence-electron chi connectivity index (χ3n) is 4.99. The lowest BCUT2D eigenvalue weighted by atomic mass is 9.84. The fourth-order valence-corrected chi connectivity index (χ4v) is 3.44. The summed E-state index contributed by atoms with van der Waals surface area (Å²) >= 11 is 0. The van der Waals surface area contributed by atoms with Gasteiger partial charge >= 0.3 is 0 Å². The first-order valence-corrected chi connectivity index (χ1v) is 10.2. The Labute approximate surface area is 179 Å². The van der Waals surface area contributed by atoms with Crippen molar-refractivity contribution in [1.29, 1.82) is 5.26 Å². The van der Waals surface area contributed by atoms with E-state index < -0.39 is 0 Å². The molecule has 3 rings (SSSR count). The first-order chi connectivity index (χ1) is 14.6. The standard InChI is InChI=1S/C27H28N2O/c1-21(20-28)26(22-10-6-4-7-11-22)27(23-12-8-5-9-13-23)24-14-16-25(17-15-24)30-19-18-29(2)3/h4-17,21H,18-19H2,1-3H3/b27-26-. The molecule has 30 heavy (non-hydrogen) atoms. The van der Waals surface area contributed by atoms with E-state index in [2.05, 4.69) is 47.4 Å². The van der Waals surface area contributed by atoms with E-state index in [4.69, 9.17) is 4.74 Å². The van der Waals surface area contributed by atoms with Crippen molar-refractivity contribution in [2.75, 3.05) is 27.2 Å². The molecule has 1 unspecified atom stereocenters. The second-order valence-corrected chi connectivity index (χ2v) is 7.55. The van der Waals surface area contributed by atoms with Crippen LogP contribution in [0.3, 0.4) is 0 Å². The fourth-order valence-electron chi connectivity index (χ4n) is 3.44. The quantitative estimate of drug-likeness (QED) is 0.455. The Hall–Kier alpha value is -3.35. The van der Waals surface area contributed by atoms with Gasteiger partial charge in [-0.05, 0) is 61.0 Å². The summed E-state index contributed by atoms with van der Waals surface area (Å²) in [6.45, 7) is 3.48. The summed E-state index contributed by atoms with van der Waals surface area (Å²) < 4.78 is 5.86. The Kier molecular flexibility index (Phi) is 7.43. The summed E-state index contributed by atoms with van der Waals surface area (Å²) in [7, 11) is 4.07. The van der Waals surface area contributed by atoms with Crippen molar-refractivity contribution in [3.63, 3.8) is 0 Å². The predicted molar refractivity (Wildman–Crippen MR) is 124 cm³/mol. The molecule has 0 saturated carbocycles. The summed E-state index contributed by atoms with van der Waals surface area (Å²) in [5.41, 5.74) is 5.35. The van der Waals surface area contributed by atoms with Gasteiger partial charge in [-0.15, -0.1) is 0 Å². The molecule has 0 aliphatic carbocycles. The second kappa shape index (κ2) is 10.4. The molecule has 0 radical (unpaired) electrons. The lowest BCUT2D eigenvalue weighted by Crippen LogP contribution is -2.19. The van der Waals surface area contributed by atoms with Crippen LogP contribution in [0.15, 0.2) is 84.9 Å². The van der Waals surface area contributed by atoms with Crippen molar-refractivity contribution in [2.24, 2.45) is 5.92 Å². The first-order valence-electron chi connectivity index (χ1n) is 10.2. The molecule has 0 aliphatic heterocycles. The van der Waals surface area contributed by atoms with Crippen molar-refractivity contribution < 1.29 is 4.74 Å². The Bertz CT molecular complexity index is 1000. The number of hydrogen-bond acceptors (Lipinski definition) is 3. The summed E-state index contributed by atoms with van der Waals surface area (Å²) in [5, 5.41) is 9.79. The van der Waals surface area contributed by atoms with E-state index in [0.717, 1.165) is 40.1 Å². The number of benzene rings is 3. The van der Waals surface area contributed by atoms with Gasteiger partial charge in [0.25, 0.3) is 0 Å². The van der Waals surface area contributed by atoms with Crippen LogP contribution in [0.4, 0.5) is 0 Å². The van der Waals surface area contributed by atoms with Crippen LogP contribution >= 0.6 is 0 Å². The van der Waals surface area contributed by atoms with Gasteiger partial charge in [0.1, 0.15) is 12.4 Å². The average Bonchev–Trinajstić information content (AvgIpc) is 2.78. The molecule has 0 fully saturated rings. The molecular weight excluding hydrogens is 368 g/mol. The van der Waals surface area contributed by atoms with Crippen LogP contribution < -0.4 is 4.74 Å². The number of ether oxygens (including phenoxy) is 1. The fraction of sp³-hybridized carbons (Fsp3) is 0.222. The van der Waals surface area contributed by atoms with Gasteiger partial charge in [-0.25, -0.2) is 0 Å². The first kappa shape index (κ1) is 21.4.